The number of alkyl halides is 3. The highest BCUT2D eigenvalue weighted by molar-refractivity contribution is 7.89. The van der Waals surface area contributed by atoms with Gasteiger partial charge in [-0.25, -0.2) is 13.1 Å². The molecule has 0 radical (unpaired) electrons. The molecule has 0 bridgehead atoms. The van der Waals surface area contributed by atoms with Gasteiger partial charge in [-0.05, 0) is 60.2 Å². The number of furan rings is 1. The monoisotopic (exact) mass is 450 g/mol. The number of nitrogens with one attached hydrogen (secondary N) is 2. The van der Waals surface area contributed by atoms with E-state index in [1.54, 1.807) is 12.1 Å². The number of carbonyl (C=O) groups excluding carboxylic acids is 1. The predicted octanol–water partition coefficient (Wildman–Crippen LogP) is 4.43. The fourth-order valence-corrected chi connectivity index (χ4v) is 3.51. The Morgan fingerprint density at radius 1 is 1.00 bits per heavy atom. The molecular formula is C21H17F3N2O4S. The number of anilines is 1. The van der Waals surface area contributed by atoms with Gasteiger partial charge in [0.15, 0.2) is 0 Å². The molecule has 0 aliphatic heterocycles. The van der Waals surface area contributed by atoms with E-state index in [9.17, 15) is 26.4 Å². The Balaban J connectivity index is 1.57. The molecule has 162 valence electrons. The summed E-state index contributed by atoms with van der Waals surface area (Å²) >= 11 is 0. The summed E-state index contributed by atoms with van der Waals surface area (Å²) in [6.07, 6.45) is -0.453. The van der Waals surface area contributed by atoms with Gasteiger partial charge in [0.2, 0.25) is 15.9 Å². The fraction of sp³-hybridized carbons (Fsp3) is 0.0952. The van der Waals surface area contributed by atoms with Gasteiger partial charge in [0.05, 0.1) is 23.3 Å². The highest BCUT2D eigenvalue weighted by atomic mass is 32.2. The largest absolute Gasteiger partial charge is 0.468 e. The molecule has 2 N–H and O–H groups in total. The first-order valence-corrected chi connectivity index (χ1v) is 10.4. The van der Waals surface area contributed by atoms with Crippen LogP contribution in [0.15, 0.2) is 82.3 Å². The van der Waals surface area contributed by atoms with E-state index in [0.717, 1.165) is 18.2 Å². The van der Waals surface area contributed by atoms with Gasteiger partial charge in [-0.15, -0.1) is 0 Å². The quantitative estimate of drug-likeness (QED) is 0.522. The lowest BCUT2D eigenvalue weighted by molar-refractivity contribution is -0.137. The topological polar surface area (TPSA) is 88.4 Å². The molecule has 0 aliphatic rings. The van der Waals surface area contributed by atoms with Crippen molar-refractivity contribution >= 4 is 27.7 Å². The molecule has 3 rings (SSSR count). The lowest BCUT2D eigenvalue weighted by Gasteiger charge is -2.07. The van der Waals surface area contributed by atoms with Crippen molar-refractivity contribution in [2.24, 2.45) is 0 Å². The predicted molar refractivity (Wildman–Crippen MR) is 108 cm³/mol. The van der Waals surface area contributed by atoms with Gasteiger partial charge in [0, 0.05) is 11.8 Å². The van der Waals surface area contributed by atoms with E-state index in [2.05, 4.69) is 10.0 Å². The molecule has 0 aliphatic carbocycles. The van der Waals surface area contributed by atoms with E-state index in [0.29, 0.717) is 17.0 Å². The first-order valence-electron chi connectivity index (χ1n) is 8.92. The van der Waals surface area contributed by atoms with Crippen LogP contribution in [0.3, 0.4) is 0 Å². The Morgan fingerprint density at radius 3 is 2.26 bits per heavy atom. The number of rotatable bonds is 7. The van der Waals surface area contributed by atoms with Gasteiger partial charge in [0.1, 0.15) is 5.76 Å². The minimum Gasteiger partial charge on any atom is -0.468 e. The van der Waals surface area contributed by atoms with Gasteiger partial charge in [0.25, 0.3) is 0 Å². The minimum atomic E-state index is -4.42. The third kappa shape index (κ3) is 6.30. The highest BCUT2D eigenvalue weighted by Gasteiger charge is 2.29. The lowest BCUT2D eigenvalue weighted by Crippen LogP contribution is -2.23. The van der Waals surface area contributed by atoms with Crippen LogP contribution in [0.4, 0.5) is 18.9 Å². The summed E-state index contributed by atoms with van der Waals surface area (Å²) in [6.45, 7) is 0.00254. The van der Waals surface area contributed by atoms with Gasteiger partial charge < -0.3 is 9.73 Å². The maximum Gasteiger partial charge on any atom is 0.416 e. The molecule has 0 saturated carbocycles. The minimum absolute atomic E-state index is 0.00254. The first kappa shape index (κ1) is 22.3. The maximum atomic E-state index is 12.6. The Morgan fingerprint density at radius 2 is 1.68 bits per heavy atom. The van der Waals surface area contributed by atoms with Gasteiger partial charge >= 0.3 is 6.18 Å². The van der Waals surface area contributed by atoms with E-state index in [4.69, 9.17) is 4.42 Å². The summed E-state index contributed by atoms with van der Waals surface area (Å²) in [5.41, 5.74) is 0.00192. The van der Waals surface area contributed by atoms with Crippen molar-refractivity contribution in [1.29, 1.82) is 0 Å². The normalized spacial score (nSPS) is 12.2. The Kier molecular flexibility index (Phi) is 6.62. The molecule has 0 spiro atoms. The first-order chi connectivity index (χ1) is 14.6. The Hall–Kier alpha value is -3.37. The molecule has 1 aromatic heterocycles. The van der Waals surface area contributed by atoms with E-state index in [-0.39, 0.29) is 11.4 Å². The SMILES string of the molecule is O=C(C=Cc1ccc(C(F)(F)F)cc1)Nc1ccc(S(=O)(=O)NCc2ccco2)cc1. The molecule has 2 aromatic carbocycles. The van der Waals surface area contributed by atoms with E-state index < -0.39 is 27.7 Å². The molecule has 0 saturated heterocycles. The van der Waals surface area contributed by atoms with Crippen LogP contribution in [-0.4, -0.2) is 14.3 Å². The zero-order valence-electron chi connectivity index (χ0n) is 15.9. The smallest absolute Gasteiger partial charge is 0.416 e. The summed E-state index contributed by atoms with van der Waals surface area (Å²) in [5.74, 6) is -0.0567. The van der Waals surface area contributed by atoms with Crippen LogP contribution in [0.2, 0.25) is 0 Å². The van der Waals surface area contributed by atoms with Crippen molar-refractivity contribution in [2.45, 2.75) is 17.6 Å². The standard InChI is InChI=1S/C21H17F3N2O4S/c22-21(23,24)16-6-3-15(4-7-16)5-12-20(27)26-17-8-10-19(11-9-17)31(28,29)25-14-18-2-1-13-30-18/h1-13,25H,14H2,(H,26,27). The second-order valence-corrected chi connectivity index (χ2v) is 8.14. The van der Waals surface area contributed by atoms with Crippen LogP contribution in [0, 0.1) is 0 Å². The second kappa shape index (κ2) is 9.19. The summed E-state index contributed by atoms with van der Waals surface area (Å²) in [6, 6.07) is 13.2. The molecule has 3 aromatic rings. The van der Waals surface area contributed by atoms with Crippen molar-refractivity contribution in [3.63, 3.8) is 0 Å². The van der Waals surface area contributed by atoms with Crippen LogP contribution in [0.5, 0.6) is 0 Å². The summed E-state index contributed by atoms with van der Waals surface area (Å²) in [4.78, 5) is 12.0. The van der Waals surface area contributed by atoms with Crippen LogP contribution < -0.4 is 10.0 Å². The average Bonchev–Trinajstić information content (AvgIpc) is 3.25. The molecular weight excluding hydrogens is 433 g/mol. The lowest BCUT2D eigenvalue weighted by atomic mass is 10.1. The van der Waals surface area contributed by atoms with E-state index >= 15 is 0 Å². The van der Waals surface area contributed by atoms with Crippen molar-refractivity contribution in [2.75, 3.05) is 5.32 Å². The van der Waals surface area contributed by atoms with Crippen LogP contribution >= 0.6 is 0 Å². The van der Waals surface area contributed by atoms with E-state index in [1.165, 1.54) is 48.7 Å². The number of amides is 1. The summed E-state index contributed by atoms with van der Waals surface area (Å²) < 4.78 is 69.7. The third-order valence-corrected chi connectivity index (χ3v) is 5.53. The Bertz CT molecular complexity index is 1150. The second-order valence-electron chi connectivity index (χ2n) is 6.37. The number of carbonyl (C=O) groups is 1. The number of hydrogen-bond donors (Lipinski definition) is 2. The molecule has 31 heavy (non-hydrogen) atoms. The van der Waals surface area contributed by atoms with Crippen LogP contribution in [0.25, 0.3) is 6.08 Å². The number of benzene rings is 2. The van der Waals surface area contributed by atoms with Crippen molar-refractivity contribution in [1.82, 2.24) is 4.72 Å². The zero-order chi connectivity index (χ0) is 22.5. The zero-order valence-corrected chi connectivity index (χ0v) is 16.7. The average molecular weight is 450 g/mol. The molecule has 1 heterocycles. The molecule has 0 atom stereocenters. The van der Waals surface area contributed by atoms with Gasteiger partial charge in [-0.3, -0.25) is 4.79 Å². The van der Waals surface area contributed by atoms with Gasteiger partial charge in [-0.1, -0.05) is 12.1 Å². The number of hydrogen-bond acceptors (Lipinski definition) is 4. The molecule has 10 heteroatoms. The molecule has 1 amide bonds. The van der Waals surface area contributed by atoms with E-state index in [1.807, 2.05) is 0 Å². The van der Waals surface area contributed by atoms with Gasteiger partial charge in [-0.2, -0.15) is 13.2 Å². The molecule has 6 nitrogen and oxygen atoms in total. The third-order valence-electron chi connectivity index (χ3n) is 4.11. The molecule has 0 unspecified atom stereocenters. The number of halogens is 3. The number of sulfonamides is 1. The van der Waals surface area contributed by atoms with Crippen LogP contribution in [0.1, 0.15) is 16.9 Å². The van der Waals surface area contributed by atoms with Crippen LogP contribution in [-0.2, 0) is 27.5 Å². The Labute approximate surface area is 176 Å². The summed E-state index contributed by atoms with van der Waals surface area (Å²) in [7, 11) is -3.76. The maximum absolute atomic E-state index is 12.6. The van der Waals surface area contributed by atoms with Crippen molar-refractivity contribution in [3.05, 3.63) is 89.9 Å². The fourth-order valence-electron chi connectivity index (χ4n) is 2.52. The molecule has 0 fully saturated rings. The highest BCUT2D eigenvalue weighted by Crippen LogP contribution is 2.29. The van der Waals surface area contributed by atoms with Crippen molar-refractivity contribution < 1.29 is 30.8 Å². The van der Waals surface area contributed by atoms with Crippen molar-refractivity contribution in [3.8, 4) is 0 Å². The summed E-state index contributed by atoms with van der Waals surface area (Å²) in [5, 5.41) is 2.54.